The van der Waals surface area contributed by atoms with Crippen LogP contribution in [0.3, 0.4) is 0 Å². The number of nitrogens with zero attached hydrogens (tertiary/aromatic N) is 3. The Morgan fingerprint density at radius 2 is 1.80 bits per heavy atom. The van der Waals surface area contributed by atoms with Crippen molar-refractivity contribution in [3.63, 3.8) is 0 Å². The fraction of sp³-hybridized carbons (Fsp3) is 0.258. The van der Waals surface area contributed by atoms with Crippen LogP contribution >= 0.6 is 11.8 Å². The largest absolute Gasteiger partial charge is 0.454 e. The number of carbonyl (C=O) groups is 2. The lowest BCUT2D eigenvalue weighted by atomic mass is 9.99. The Kier molecular flexibility index (Phi) is 6.23. The second-order valence-electron chi connectivity index (χ2n) is 10.3. The van der Waals surface area contributed by atoms with Crippen molar-refractivity contribution < 1.29 is 19.1 Å². The molecule has 0 spiro atoms. The Labute approximate surface area is 236 Å². The number of fused-ring (bicyclic) bond motifs is 2. The number of para-hydroxylation sites is 1. The zero-order valence-electron chi connectivity index (χ0n) is 22.0. The van der Waals surface area contributed by atoms with Gasteiger partial charge in [0.15, 0.2) is 11.5 Å². The molecule has 9 heteroatoms. The number of ether oxygens (including phenoxy) is 2. The third-order valence-corrected chi connectivity index (χ3v) is 8.68. The molecule has 8 nitrogen and oxygen atoms in total. The highest BCUT2D eigenvalue weighted by Gasteiger charge is 2.38. The van der Waals surface area contributed by atoms with Gasteiger partial charge in [0, 0.05) is 17.2 Å². The number of rotatable bonds is 6. The van der Waals surface area contributed by atoms with Gasteiger partial charge in [0.25, 0.3) is 0 Å². The van der Waals surface area contributed by atoms with Crippen LogP contribution in [0.2, 0.25) is 0 Å². The minimum atomic E-state index is -0.238. The molecule has 0 unspecified atom stereocenters. The highest BCUT2D eigenvalue weighted by molar-refractivity contribution is 8.00. The lowest BCUT2D eigenvalue weighted by Gasteiger charge is -2.23. The highest BCUT2D eigenvalue weighted by atomic mass is 32.2. The standard InChI is InChI=1S/C31H28N4O4S/c1-19-7-5-6-10-23(19)35-31-28(29(33-35)20-8-3-2-4-9-20)30(21-11-14-24-25(15-21)39-18-38-24)40-17-27(37)34(31)16-26(36)32-22-12-13-22/h2-11,14-15,22,30H,12-13,16-18H2,1H3,(H,32,36)/t30-/m1/s1. The van der Waals surface area contributed by atoms with Crippen LogP contribution in [0.25, 0.3) is 16.9 Å². The van der Waals surface area contributed by atoms with Crippen LogP contribution in [0.4, 0.5) is 5.82 Å². The molecule has 7 rings (SSSR count). The number of hydrogen-bond acceptors (Lipinski definition) is 6. The first-order valence-corrected chi connectivity index (χ1v) is 14.5. The molecular weight excluding hydrogens is 524 g/mol. The first kappa shape index (κ1) is 24.8. The topological polar surface area (TPSA) is 85.7 Å². The summed E-state index contributed by atoms with van der Waals surface area (Å²) in [5, 5.41) is 7.99. The Bertz CT molecular complexity index is 1620. The Morgan fingerprint density at radius 3 is 2.60 bits per heavy atom. The molecule has 2 amide bonds. The fourth-order valence-electron chi connectivity index (χ4n) is 5.28. The predicted octanol–water partition coefficient (Wildman–Crippen LogP) is 5.02. The van der Waals surface area contributed by atoms with Gasteiger partial charge in [-0.1, -0.05) is 54.6 Å². The number of hydrogen-bond donors (Lipinski definition) is 1. The van der Waals surface area contributed by atoms with Crippen molar-refractivity contribution >= 4 is 29.4 Å². The predicted molar refractivity (Wildman–Crippen MR) is 154 cm³/mol. The molecule has 3 aromatic carbocycles. The van der Waals surface area contributed by atoms with E-state index in [1.165, 1.54) is 11.8 Å². The van der Waals surface area contributed by atoms with Crippen LogP contribution in [0.5, 0.6) is 11.5 Å². The summed E-state index contributed by atoms with van der Waals surface area (Å²) >= 11 is 1.54. The summed E-state index contributed by atoms with van der Waals surface area (Å²) in [6.07, 6.45) is 1.96. The summed E-state index contributed by atoms with van der Waals surface area (Å²) in [6, 6.07) is 24.1. The van der Waals surface area contributed by atoms with Gasteiger partial charge in [-0.3, -0.25) is 14.5 Å². The molecule has 1 N–H and O–H groups in total. The van der Waals surface area contributed by atoms with Crippen molar-refractivity contribution in [3.8, 4) is 28.4 Å². The molecule has 1 fully saturated rings. The van der Waals surface area contributed by atoms with E-state index >= 15 is 0 Å². The van der Waals surface area contributed by atoms with Gasteiger partial charge in [0.05, 0.1) is 22.4 Å². The molecule has 4 aromatic rings. The van der Waals surface area contributed by atoms with Gasteiger partial charge in [-0.15, -0.1) is 11.8 Å². The van der Waals surface area contributed by atoms with Gasteiger partial charge >= 0.3 is 0 Å². The number of nitrogens with one attached hydrogen (secondary N) is 1. The van der Waals surface area contributed by atoms with Crippen molar-refractivity contribution in [2.75, 3.05) is 24.0 Å². The van der Waals surface area contributed by atoms with Crippen LogP contribution in [-0.4, -0.2) is 46.7 Å². The summed E-state index contributed by atoms with van der Waals surface area (Å²) in [6.45, 7) is 2.14. The third-order valence-electron chi connectivity index (χ3n) is 7.42. The fourth-order valence-corrected chi connectivity index (χ4v) is 6.47. The Morgan fingerprint density at radius 1 is 1.02 bits per heavy atom. The Hall–Kier alpha value is -4.24. The summed E-state index contributed by atoms with van der Waals surface area (Å²) in [5.74, 6) is 1.94. The first-order valence-electron chi connectivity index (χ1n) is 13.4. The van der Waals surface area contributed by atoms with E-state index in [2.05, 4.69) is 5.32 Å². The van der Waals surface area contributed by atoms with Crippen molar-refractivity contribution in [1.29, 1.82) is 0 Å². The molecule has 2 aliphatic heterocycles. The average molecular weight is 553 g/mol. The number of benzene rings is 3. The van der Waals surface area contributed by atoms with Gasteiger partial charge in [0.1, 0.15) is 12.4 Å². The van der Waals surface area contributed by atoms with Crippen LogP contribution < -0.4 is 19.7 Å². The van der Waals surface area contributed by atoms with Gasteiger partial charge in [0.2, 0.25) is 18.6 Å². The summed E-state index contributed by atoms with van der Waals surface area (Å²) in [5.41, 5.74) is 5.46. The maximum atomic E-state index is 13.8. The number of amides is 2. The van der Waals surface area contributed by atoms with Gasteiger partial charge in [-0.25, -0.2) is 4.68 Å². The minimum Gasteiger partial charge on any atom is -0.454 e. The summed E-state index contributed by atoms with van der Waals surface area (Å²) < 4.78 is 13.1. The normalized spacial score (nSPS) is 17.9. The molecule has 3 aliphatic rings. The minimum absolute atomic E-state index is 0.0669. The van der Waals surface area contributed by atoms with E-state index in [1.54, 1.807) is 4.90 Å². The van der Waals surface area contributed by atoms with E-state index in [9.17, 15) is 9.59 Å². The lowest BCUT2D eigenvalue weighted by molar-refractivity contribution is -0.123. The van der Waals surface area contributed by atoms with Crippen LogP contribution in [0, 0.1) is 6.92 Å². The molecular formula is C31H28N4O4S. The second-order valence-corrected chi connectivity index (χ2v) is 11.4. The number of aryl methyl sites for hydroxylation is 1. The molecule has 1 atom stereocenters. The molecule has 40 heavy (non-hydrogen) atoms. The number of carbonyl (C=O) groups excluding carboxylic acids is 2. The molecule has 0 saturated heterocycles. The molecule has 1 aromatic heterocycles. The maximum Gasteiger partial charge on any atom is 0.240 e. The molecule has 3 heterocycles. The lowest BCUT2D eigenvalue weighted by Crippen LogP contribution is -2.43. The van der Waals surface area contributed by atoms with Crippen LogP contribution in [0.1, 0.15) is 34.8 Å². The number of anilines is 1. The zero-order chi connectivity index (χ0) is 27.2. The van der Waals surface area contributed by atoms with Gasteiger partial charge in [-0.2, -0.15) is 5.10 Å². The summed E-state index contributed by atoms with van der Waals surface area (Å²) in [7, 11) is 0. The van der Waals surface area contributed by atoms with Crippen molar-refractivity contribution in [2.24, 2.45) is 0 Å². The molecule has 0 bridgehead atoms. The van der Waals surface area contributed by atoms with Crippen LogP contribution in [-0.2, 0) is 9.59 Å². The van der Waals surface area contributed by atoms with E-state index in [4.69, 9.17) is 14.6 Å². The molecule has 1 aliphatic carbocycles. The van der Waals surface area contributed by atoms with E-state index in [0.29, 0.717) is 17.3 Å². The summed E-state index contributed by atoms with van der Waals surface area (Å²) in [4.78, 5) is 28.6. The second kappa shape index (κ2) is 10.1. The first-order chi connectivity index (χ1) is 19.6. The third kappa shape index (κ3) is 4.50. The quantitative estimate of drug-likeness (QED) is 0.361. The van der Waals surface area contributed by atoms with Crippen molar-refractivity contribution in [2.45, 2.75) is 31.1 Å². The van der Waals surface area contributed by atoms with Gasteiger partial charge in [-0.05, 0) is 49.1 Å². The molecule has 1 saturated carbocycles. The number of thioether (sulfide) groups is 1. The molecule has 0 radical (unpaired) electrons. The smallest absolute Gasteiger partial charge is 0.240 e. The van der Waals surface area contributed by atoms with E-state index in [0.717, 1.165) is 46.5 Å². The van der Waals surface area contributed by atoms with E-state index in [1.807, 2.05) is 84.4 Å². The van der Waals surface area contributed by atoms with E-state index < -0.39 is 0 Å². The average Bonchev–Trinajstić information content (AvgIpc) is 3.55. The molecule has 202 valence electrons. The maximum absolute atomic E-state index is 13.8. The van der Waals surface area contributed by atoms with Crippen molar-refractivity contribution in [1.82, 2.24) is 15.1 Å². The SMILES string of the molecule is Cc1ccccc1-n1nc(-c2ccccc2)c2c1N(CC(=O)NC1CC1)C(=O)CS[C@@H]2c1ccc2c(c1)OCO2. The van der Waals surface area contributed by atoms with Gasteiger partial charge < -0.3 is 14.8 Å². The highest BCUT2D eigenvalue weighted by Crippen LogP contribution is 2.50. The monoisotopic (exact) mass is 552 g/mol. The Balaban J connectivity index is 1.47. The zero-order valence-corrected chi connectivity index (χ0v) is 22.8. The van der Waals surface area contributed by atoms with Crippen molar-refractivity contribution in [3.05, 3.63) is 89.5 Å². The van der Waals surface area contributed by atoms with E-state index in [-0.39, 0.29) is 42.2 Å². The van der Waals surface area contributed by atoms with Crippen LogP contribution in [0.15, 0.2) is 72.8 Å². The number of aromatic nitrogens is 2.